The molecule has 0 aromatic carbocycles. The summed E-state index contributed by atoms with van der Waals surface area (Å²) in [4.78, 5) is 24.0. The van der Waals surface area contributed by atoms with Crippen LogP contribution >= 0.6 is 0 Å². The number of carbonyl (C=O) groups is 2. The van der Waals surface area contributed by atoms with Gasteiger partial charge in [0, 0.05) is 12.8 Å². The minimum Gasteiger partial charge on any atom is -0.463 e. The van der Waals surface area contributed by atoms with Crippen molar-refractivity contribution in [2.75, 3.05) is 13.2 Å². The number of ether oxygens (including phenoxy) is 2. The first kappa shape index (κ1) is 49.3. The third-order valence-electron chi connectivity index (χ3n) is 8.80. The summed E-state index contributed by atoms with van der Waals surface area (Å²) in [5.41, 5.74) is 0. The summed E-state index contributed by atoms with van der Waals surface area (Å²) in [6.45, 7) is 4.06. The maximum absolute atomic E-state index is 12.0. The van der Waals surface area contributed by atoms with E-state index in [1.807, 2.05) is 36.5 Å². The molecule has 0 fully saturated rings. The first-order chi connectivity index (χ1) is 25.5. The third kappa shape index (κ3) is 40.1. The van der Waals surface area contributed by atoms with Gasteiger partial charge >= 0.3 is 11.9 Å². The topological polar surface area (TPSA) is 93.1 Å². The number of aliphatic hydroxyl groups is 2. The molecule has 298 valence electrons. The third-order valence-corrected chi connectivity index (χ3v) is 8.80. The average Bonchev–Trinajstić information content (AvgIpc) is 3.14. The molecule has 0 bridgehead atoms. The van der Waals surface area contributed by atoms with Crippen molar-refractivity contribution < 1.29 is 29.3 Å². The zero-order chi connectivity index (χ0) is 38.0. The highest BCUT2D eigenvalue weighted by molar-refractivity contribution is 5.70. The van der Waals surface area contributed by atoms with Crippen LogP contribution in [-0.4, -0.2) is 47.6 Å². The number of aliphatic hydroxyl groups excluding tert-OH is 2. The Bertz CT molecular complexity index is 975. The van der Waals surface area contributed by atoms with Crippen LogP contribution < -0.4 is 0 Å². The van der Waals surface area contributed by atoms with E-state index in [1.165, 1.54) is 96.3 Å². The van der Waals surface area contributed by atoms with Gasteiger partial charge in [0.1, 0.15) is 19.3 Å². The molecule has 6 heteroatoms. The van der Waals surface area contributed by atoms with Crippen molar-refractivity contribution >= 4 is 11.9 Å². The standard InChI is InChI=1S/C46H78O6/c1-3-5-7-9-11-12-13-14-15-16-17-18-19-20-24-27-31-35-39-45(49)51-41-44(48)42-52-46(50)40-36-32-28-25-22-21-23-26-30-34-38-43(47)37-33-29-10-8-6-4-2/h6,8,21-22,26,28-30,32-34,38,43-44,47-48H,3-5,7,9-20,23-25,27,31,35-37,39-42H2,1-2H3/b8-6-,22-21-,30-26-,32-28-,33-29-,38-34+/t43?,44-/m0/s1. The van der Waals surface area contributed by atoms with Crippen LogP contribution in [0.15, 0.2) is 72.9 Å². The number of allylic oxidation sites excluding steroid dienone is 10. The van der Waals surface area contributed by atoms with Gasteiger partial charge in [-0.2, -0.15) is 0 Å². The summed E-state index contributed by atoms with van der Waals surface area (Å²) in [6, 6.07) is 0. The Morgan fingerprint density at radius 3 is 1.48 bits per heavy atom. The number of unbranched alkanes of at least 4 members (excludes halogenated alkanes) is 17. The van der Waals surface area contributed by atoms with Crippen LogP contribution in [-0.2, 0) is 19.1 Å². The molecular weight excluding hydrogens is 648 g/mol. The zero-order valence-electron chi connectivity index (χ0n) is 33.4. The lowest BCUT2D eigenvalue weighted by atomic mass is 10.0. The van der Waals surface area contributed by atoms with Crippen LogP contribution in [0.3, 0.4) is 0 Å². The van der Waals surface area contributed by atoms with E-state index in [-0.39, 0.29) is 31.6 Å². The van der Waals surface area contributed by atoms with Crippen molar-refractivity contribution in [3.8, 4) is 0 Å². The van der Waals surface area contributed by atoms with E-state index in [2.05, 4.69) is 44.2 Å². The molecule has 0 aromatic heterocycles. The normalized spacial score (nSPS) is 13.5. The van der Waals surface area contributed by atoms with E-state index in [4.69, 9.17) is 9.47 Å². The molecule has 0 amide bonds. The fourth-order valence-corrected chi connectivity index (χ4v) is 5.61. The van der Waals surface area contributed by atoms with Crippen molar-refractivity contribution in [3.05, 3.63) is 72.9 Å². The lowest BCUT2D eigenvalue weighted by Gasteiger charge is -2.12. The van der Waals surface area contributed by atoms with Gasteiger partial charge in [0.2, 0.25) is 0 Å². The van der Waals surface area contributed by atoms with Crippen LogP contribution in [0.2, 0.25) is 0 Å². The Morgan fingerprint density at radius 2 is 0.942 bits per heavy atom. The van der Waals surface area contributed by atoms with Crippen LogP contribution in [0.4, 0.5) is 0 Å². The molecule has 0 saturated carbocycles. The molecule has 0 aliphatic carbocycles. The highest BCUT2D eigenvalue weighted by atomic mass is 16.6. The van der Waals surface area contributed by atoms with Gasteiger partial charge in [0.25, 0.3) is 0 Å². The molecule has 0 spiro atoms. The Labute approximate surface area is 319 Å². The molecular formula is C46H78O6. The van der Waals surface area contributed by atoms with Crippen molar-refractivity contribution in [3.63, 3.8) is 0 Å². The highest BCUT2D eigenvalue weighted by Crippen LogP contribution is 2.15. The van der Waals surface area contributed by atoms with Crippen LogP contribution in [0.25, 0.3) is 0 Å². The van der Waals surface area contributed by atoms with Gasteiger partial charge in [0.15, 0.2) is 0 Å². The van der Waals surface area contributed by atoms with Gasteiger partial charge in [-0.1, -0.05) is 196 Å². The SMILES string of the molecule is CC/C=C\C/C=C\CC(O)/C=C/C=C\C/C=C\C/C=C\CCC(=O)OC[C@@H](O)COC(=O)CCCCCCCCCCCCCCCCCCCC. The summed E-state index contributed by atoms with van der Waals surface area (Å²) < 4.78 is 10.3. The molecule has 0 aliphatic rings. The predicted molar refractivity (Wildman–Crippen MR) is 220 cm³/mol. The van der Waals surface area contributed by atoms with Crippen LogP contribution in [0.1, 0.15) is 181 Å². The second kappa shape index (κ2) is 41.1. The number of esters is 2. The summed E-state index contributed by atoms with van der Waals surface area (Å²) in [5, 5.41) is 20.0. The molecule has 2 N–H and O–H groups in total. The quantitative estimate of drug-likeness (QED) is 0.0286. The summed E-state index contributed by atoms with van der Waals surface area (Å²) in [6.07, 6.45) is 51.4. The van der Waals surface area contributed by atoms with Gasteiger partial charge in [0.05, 0.1) is 6.10 Å². The van der Waals surface area contributed by atoms with Gasteiger partial charge in [-0.05, 0) is 44.9 Å². The first-order valence-corrected chi connectivity index (χ1v) is 21.1. The molecule has 6 nitrogen and oxygen atoms in total. The maximum Gasteiger partial charge on any atom is 0.306 e. The highest BCUT2D eigenvalue weighted by Gasteiger charge is 2.11. The zero-order valence-corrected chi connectivity index (χ0v) is 33.4. The van der Waals surface area contributed by atoms with Gasteiger partial charge < -0.3 is 19.7 Å². The summed E-state index contributed by atoms with van der Waals surface area (Å²) in [7, 11) is 0. The fourth-order valence-electron chi connectivity index (χ4n) is 5.61. The van der Waals surface area contributed by atoms with E-state index in [1.54, 1.807) is 6.08 Å². The van der Waals surface area contributed by atoms with E-state index in [0.29, 0.717) is 19.3 Å². The molecule has 0 rings (SSSR count). The Balaban J connectivity index is 3.60. The number of carbonyl (C=O) groups excluding carboxylic acids is 2. The number of hydrogen-bond donors (Lipinski definition) is 2. The van der Waals surface area contributed by atoms with Crippen molar-refractivity contribution in [2.45, 2.75) is 193 Å². The van der Waals surface area contributed by atoms with Crippen molar-refractivity contribution in [1.29, 1.82) is 0 Å². The molecule has 0 aliphatic heterocycles. The minimum atomic E-state index is -1.01. The van der Waals surface area contributed by atoms with E-state index < -0.39 is 12.2 Å². The molecule has 0 radical (unpaired) electrons. The maximum atomic E-state index is 12.0. The Hall–Kier alpha value is -2.70. The van der Waals surface area contributed by atoms with Crippen molar-refractivity contribution in [1.82, 2.24) is 0 Å². The molecule has 0 aromatic rings. The van der Waals surface area contributed by atoms with E-state index in [9.17, 15) is 19.8 Å². The Morgan fingerprint density at radius 1 is 0.500 bits per heavy atom. The summed E-state index contributed by atoms with van der Waals surface area (Å²) >= 11 is 0. The average molecular weight is 727 g/mol. The van der Waals surface area contributed by atoms with Crippen molar-refractivity contribution in [2.24, 2.45) is 0 Å². The molecule has 2 atom stereocenters. The van der Waals surface area contributed by atoms with Gasteiger partial charge in [-0.25, -0.2) is 0 Å². The van der Waals surface area contributed by atoms with E-state index in [0.717, 1.165) is 44.9 Å². The number of rotatable bonds is 37. The second-order valence-electron chi connectivity index (χ2n) is 13.9. The van der Waals surface area contributed by atoms with Crippen LogP contribution in [0, 0.1) is 0 Å². The van der Waals surface area contributed by atoms with Crippen LogP contribution in [0.5, 0.6) is 0 Å². The largest absolute Gasteiger partial charge is 0.463 e. The predicted octanol–water partition coefficient (Wildman–Crippen LogP) is 12.3. The molecule has 0 heterocycles. The lowest BCUT2D eigenvalue weighted by Crippen LogP contribution is -2.25. The fraction of sp³-hybridized carbons (Fsp3) is 0.696. The monoisotopic (exact) mass is 727 g/mol. The summed E-state index contributed by atoms with van der Waals surface area (Å²) in [5.74, 6) is -0.688. The van der Waals surface area contributed by atoms with Gasteiger partial charge in [-0.3, -0.25) is 9.59 Å². The molecule has 1 unspecified atom stereocenters. The smallest absolute Gasteiger partial charge is 0.306 e. The minimum absolute atomic E-state index is 0.153. The molecule has 0 saturated heterocycles. The lowest BCUT2D eigenvalue weighted by molar-refractivity contribution is -0.152. The van der Waals surface area contributed by atoms with E-state index >= 15 is 0 Å². The second-order valence-corrected chi connectivity index (χ2v) is 13.9. The Kier molecular flexibility index (Phi) is 38.9. The van der Waals surface area contributed by atoms with Gasteiger partial charge in [-0.15, -0.1) is 0 Å². The number of hydrogen-bond acceptors (Lipinski definition) is 6. The first-order valence-electron chi connectivity index (χ1n) is 21.1. The molecule has 52 heavy (non-hydrogen) atoms.